The van der Waals surface area contributed by atoms with E-state index in [2.05, 4.69) is 103 Å². The van der Waals surface area contributed by atoms with E-state index in [1.165, 1.54) is 21.9 Å². The minimum absolute atomic E-state index is 0.896. The van der Waals surface area contributed by atoms with Crippen LogP contribution < -0.4 is 5.30 Å². The number of rotatable bonds is 4. The van der Waals surface area contributed by atoms with Gasteiger partial charge in [-0.3, -0.25) is 0 Å². The molecule has 6 aromatic rings. The van der Waals surface area contributed by atoms with Crippen molar-refractivity contribution < 1.29 is 4.57 Å². The first-order valence-corrected chi connectivity index (χ1v) is 14.7. The van der Waals surface area contributed by atoms with E-state index in [-0.39, 0.29) is 0 Å². The highest BCUT2D eigenvalue weighted by Gasteiger charge is 2.17. The average Bonchev–Trinajstić information content (AvgIpc) is 2.92. The fraction of sp³-hybridized carbons (Fsp3) is 0.0606. The Bertz CT molecular complexity index is 1750. The van der Waals surface area contributed by atoms with Crippen molar-refractivity contribution in [1.82, 2.24) is 4.98 Å². The van der Waals surface area contributed by atoms with E-state index in [1.807, 2.05) is 31.5 Å². The van der Waals surface area contributed by atoms with Gasteiger partial charge in [0.25, 0.3) is 0 Å². The summed E-state index contributed by atoms with van der Waals surface area (Å²) in [6.45, 7) is 3.63. The summed E-state index contributed by atoms with van der Waals surface area (Å²) in [5.74, 6) is 0. The van der Waals surface area contributed by atoms with Gasteiger partial charge >= 0.3 is 0 Å². The van der Waals surface area contributed by atoms with Crippen LogP contribution in [0.4, 0.5) is 0 Å². The molecule has 36 heavy (non-hydrogen) atoms. The lowest BCUT2D eigenvalue weighted by Gasteiger charge is -2.16. The zero-order chi connectivity index (χ0) is 24.7. The second-order valence-electron chi connectivity index (χ2n) is 9.55. The molecule has 0 unspecified atom stereocenters. The van der Waals surface area contributed by atoms with Crippen LogP contribution in [0, 0.1) is 0 Å². The number of benzene rings is 5. The monoisotopic (exact) mass is 483 g/mol. The van der Waals surface area contributed by atoms with Crippen LogP contribution in [0.25, 0.3) is 55.2 Å². The Kier molecular flexibility index (Phi) is 5.55. The summed E-state index contributed by atoms with van der Waals surface area (Å²) in [4.78, 5) is 5.18. The van der Waals surface area contributed by atoms with Gasteiger partial charge in [-0.05, 0) is 58.5 Å². The van der Waals surface area contributed by atoms with Gasteiger partial charge in [-0.2, -0.15) is 0 Å². The fourth-order valence-electron chi connectivity index (χ4n) is 4.94. The number of hydrogen-bond acceptors (Lipinski definition) is 2. The minimum Gasteiger partial charge on any atom is -0.319 e. The lowest BCUT2D eigenvalue weighted by Crippen LogP contribution is -2.01. The molecule has 0 N–H and O–H groups in total. The summed E-state index contributed by atoms with van der Waals surface area (Å²) in [5, 5.41) is 4.41. The van der Waals surface area contributed by atoms with Crippen LogP contribution in [0.3, 0.4) is 0 Å². The van der Waals surface area contributed by atoms with Crippen molar-refractivity contribution in [1.29, 1.82) is 0 Å². The highest BCUT2D eigenvalue weighted by Crippen LogP contribution is 2.41. The molecule has 0 saturated heterocycles. The highest BCUT2D eigenvalue weighted by atomic mass is 31.2. The van der Waals surface area contributed by atoms with Crippen molar-refractivity contribution in [2.75, 3.05) is 13.3 Å². The van der Waals surface area contributed by atoms with Crippen LogP contribution in [0.15, 0.2) is 121 Å². The lowest BCUT2D eigenvalue weighted by molar-refractivity contribution is 0.588. The predicted octanol–water partition coefficient (Wildman–Crippen LogP) is 8.64. The molecule has 0 aliphatic rings. The SMILES string of the molecule is CP(C)(=O)c1ccc(-c2cc3nc(-c4ccccc4)cc(-c4ccccc4)c3c3ccccc23)cc1. The van der Waals surface area contributed by atoms with Gasteiger partial charge in [0.15, 0.2) is 0 Å². The Labute approximate surface area is 211 Å². The molecule has 0 bridgehead atoms. The van der Waals surface area contributed by atoms with E-state index in [1.54, 1.807) is 0 Å². The van der Waals surface area contributed by atoms with Crippen LogP contribution in [0.1, 0.15) is 0 Å². The molecular formula is C33H26NOP. The molecule has 6 rings (SSSR count). The third kappa shape index (κ3) is 4.04. The summed E-state index contributed by atoms with van der Waals surface area (Å²) in [6, 6.07) is 42.1. The maximum Gasteiger partial charge on any atom is 0.109 e. The lowest BCUT2D eigenvalue weighted by atomic mass is 9.90. The van der Waals surface area contributed by atoms with Gasteiger partial charge in [0.1, 0.15) is 7.14 Å². The normalized spacial score (nSPS) is 11.7. The molecule has 0 atom stereocenters. The Balaban J connectivity index is 1.69. The third-order valence-electron chi connectivity index (χ3n) is 6.77. The van der Waals surface area contributed by atoms with E-state index in [4.69, 9.17) is 4.98 Å². The number of pyridine rings is 1. The van der Waals surface area contributed by atoms with Crippen LogP contribution in [0.5, 0.6) is 0 Å². The number of hydrogen-bond donors (Lipinski definition) is 0. The standard InChI is InChI=1S/C33H26NOP/c1-36(2,35)26-19-17-24(18-20-26)29-21-32-33(28-16-10-9-15-27(28)29)30(23-11-5-3-6-12-23)22-31(34-32)25-13-7-4-8-14-25/h3-22H,1-2H3. The summed E-state index contributed by atoms with van der Waals surface area (Å²) in [5.41, 5.74) is 7.58. The van der Waals surface area contributed by atoms with Crippen molar-refractivity contribution in [3.63, 3.8) is 0 Å². The Morgan fingerprint density at radius 1 is 0.556 bits per heavy atom. The maximum atomic E-state index is 12.6. The minimum atomic E-state index is -2.31. The van der Waals surface area contributed by atoms with Crippen LogP contribution in [-0.2, 0) is 4.57 Å². The zero-order valence-corrected chi connectivity index (χ0v) is 21.2. The van der Waals surface area contributed by atoms with Crippen molar-refractivity contribution in [3.8, 4) is 33.5 Å². The number of aromatic nitrogens is 1. The van der Waals surface area contributed by atoms with Gasteiger partial charge in [0.2, 0.25) is 0 Å². The summed E-state index contributed by atoms with van der Waals surface area (Å²) in [6.07, 6.45) is 0. The molecule has 0 spiro atoms. The fourth-order valence-corrected chi connectivity index (χ4v) is 5.81. The van der Waals surface area contributed by atoms with Crippen LogP contribution in [-0.4, -0.2) is 18.3 Å². The largest absolute Gasteiger partial charge is 0.319 e. The molecular weight excluding hydrogens is 457 g/mol. The van der Waals surface area contributed by atoms with Crippen LogP contribution >= 0.6 is 7.14 Å². The zero-order valence-electron chi connectivity index (χ0n) is 20.3. The quantitative estimate of drug-likeness (QED) is 0.186. The molecule has 174 valence electrons. The molecule has 5 aromatic carbocycles. The molecule has 0 aliphatic heterocycles. The summed E-state index contributed by atoms with van der Waals surface area (Å²) in [7, 11) is -2.31. The molecule has 1 aromatic heterocycles. The molecule has 0 radical (unpaired) electrons. The second kappa shape index (κ2) is 8.90. The summed E-state index contributed by atoms with van der Waals surface area (Å²) >= 11 is 0. The predicted molar refractivity (Wildman–Crippen MR) is 155 cm³/mol. The van der Waals surface area contributed by atoms with Gasteiger partial charge in [0, 0.05) is 16.3 Å². The van der Waals surface area contributed by atoms with Gasteiger partial charge in [0.05, 0.1) is 11.2 Å². The smallest absolute Gasteiger partial charge is 0.109 e. The van der Waals surface area contributed by atoms with Crippen LogP contribution in [0.2, 0.25) is 0 Å². The number of nitrogens with zero attached hydrogens (tertiary/aromatic N) is 1. The second-order valence-corrected chi connectivity index (χ2v) is 12.8. The Morgan fingerprint density at radius 3 is 1.75 bits per heavy atom. The van der Waals surface area contributed by atoms with E-state index >= 15 is 0 Å². The first-order chi connectivity index (χ1) is 17.5. The topological polar surface area (TPSA) is 30.0 Å². The third-order valence-corrected chi connectivity index (χ3v) is 8.31. The molecule has 0 amide bonds. The molecule has 0 fully saturated rings. The van der Waals surface area contributed by atoms with Crippen molar-refractivity contribution in [2.24, 2.45) is 0 Å². The molecule has 3 heteroatoms. The van der Waals surface area contributed by atoms with E-state index in [9.17, 15) is 4.57 Å². The molecule has 2 nitrogen and oxygen atoms in total. The summed E-state index contributed by atoms with van der Waals surface area (Å²) < 4.78 is 12.6. The van der Waals surface area contributed by atoms with E-state index in [0.717, 1.165) is 38.6 Å². The molecule has 0 saturated carbocycles. The van der Waals surface area contributed by atoms with Gasteiger partial charge in [-0.15, -0.1) is 0 Å². The first kappa shape index (κ1) is 22.5. The van der Waals surface area contributed by atoms with Crippen molar-refractivity contribution >= 4 is 34.1 Å². The molecule has 0 aliphatic carbocycles. The first-order valence-electron chi connectivity index (χ1n) is 12.1. The molecule has 1 heterocycles. The van der Waals surface area contributed by atoms with Crippen molar-refractivity contribution in [2.45, 2.75) is 0 Å². The average molecular weight is 484 g/mol. The van der Waals surface area contributed by atoms with Gasteiger partial charge in [-0.1, -0.05) is 109 Å². The van der Waals surface area contributed by atoms with E-state index < -0.39 is 7.14 Å². The highest BCUT2D eigenvalue weighted by molar-refractivity contribution is 7.70. The van der Waals surface area contributed by atoms with Gasteiger partial charge < -0.3 is 4.57 Å². The van der Waals surface area contributed by atoms with Crippen molar-refractivity contribution in [3.05, 3.63) is 121 Å². The maximum absolute atomic E-state index is 12.6. The van der Waals surface area contributed by atoms with Gasteiger partial charge in [-0.25, -0.2) is 4.98 Å². The number of fused-ring (bicyclic) bond motifs is 3. The Morgan fingerprint density at radius 2 is 1.11 bits per heavy atom. The van der Waals surface area contributed by atoms with E-state index in [0.29, 0.717) is 0 Å². The Hall–Kier alpha value is -4.00.